The largest absolute Gasteiger partial charge is 0.392 e. The van der Waals surface area contributed by atoms with Gasteiger partial charge in [0, 0.05) is 6.54 Å². The SMILES string of the molecule is C[C@H](O)CNS(=O)(=O)Cc1ccc(F)cc1. The number of aliphatic hydroxyl groups is 1. The van der Waals surface area contributed by atoms with E-state index in [2.05, 4.69) is 4.72 Å². The lowest BCUT2D eigenvalue weighted by atomic mass is 10.2. The van der Waals surface area contributed by atoms with Crippen LogP contribution in [0.4, 0.5) is 4.39 Å². The minimum atomic E-state index is -3.47. The topological polar surface area (TPSA) is 66.4 Å². The van der Waals surface area contributed by atoms with E-state index in [0.29, 0.717) is 5.56 Å². The Kier molecular flexibility index (Phi) is 4.40. The Balaban J connectivity index is 2.62. The summed E-state index contributed by atoms with van der Waals surface area (Å²) in [5.74, 6) is -0.627. The molecule has 1 aromatic rings. The molecule has 0 aliphatic heterocycles. The normalized spacial score (nSPS) is 13.7. The van der Waals surface area contributed by atoms with E-state index in [9.17, 15) is 12.8 Å². The second-order valence-electron chi connectivity index (χ2n) is 3.58. The molecule has 2 N–H and O–H groups in total. The fourth-order valence-corrected chi connectivity index (χ4v) is 2.33. The van der Waals surface area contributed by atoms with Gasteiger partial charge in [-0.2, -0.15) is 0 Å². The van der Waals surface area contributed by atoms with E-state index in [1.807, 2.05) is 0 Å². The van der Waals surface area contributed by atoms with Crippen molar-refractivity contribution in [2.45, 2.75) is 18.8 Å². The smallest absolute Gasteiger partial charge is 0.215 e. The highest BCUT2D eigenvalue weighted by Crippen LogP contribution is 2.06. The van der Waals surface area contributed by atoms with E-state index in [1.165, 1.54) is 31.2 Å². The molecule has 0 saturated heterocycles. The Labute approximate surface area is 94.2 Å². The summed E-state index contributed by atoms with van der Waals surface area (Å²) in [5, 5.41) is 8.94. The van der Waals surface area contributed by atoms with Gasteiger partial charge in [-0.25, -0.2) is 17.5 Å². The van der Waals surface area contributed by atoms with Crippen LogP contribution in [0.2, 0.25) is 0 Å². The third-order valence-electron chi connectivity index (χ3n) is 1.87. The van der Waals surface area contributed by atoms with Crippen LogP contribution in [0, 0.1) is 5.82 Å². The van der Waals surface area contributed by atoms with Gasteiger partial charge in [-0.05, 0) is 24.6 Å². The summed E-state index contributed by atoms with van der Waals surface area (Å²) < 4.78 is 37.8. The van der Waals surface area contributed by atoms with Crippen LogP contribution in [0.1, 0.15) is 12.5 Å². The van der Waals surface area contributed by atoms with E-state index < -0.39 is 21.9 Å². The lowest BCUT2D eigenvalue weighted by Gasteiger charge is -2.08. The molecule has 1 atom stereocenters. The standard InChI is InChI=1S/C10H14FNO3S/c1-8(13)6-12-16(14,15)7-9-2-4-10(11)5-3-9/h2-5,8,12-13H,6-7H2,1H3/t8-/m0/s1. The van der Waals surface area contributed by atoms with Gasteiger partial charge >= 0.3 is 0 Å². The number of nitrogens with one attached hydrogen (secondary N) is 1. The lowest BCUT2D eigenvalue weighted by Crippen LogP contribution is -2.31. The van der Waals surface area contributed by atoms with Crippen molar-refractivity contribution in [3.05, 3.63) is 35.6 Å². The second-order valence-corrected chi connectivity index (χ2v) is 5.39. The third-order valence-corrected chi connectivity index (χ3v) is 3.19. The number of halogens is 1. The second kappa shape index (κ2) is 5.38. The summed E-state index contributed by atoms with van der Waals surface area (Å²) in [6.07, 6.45) is -0.733. The molecule has 0 unspecified atom stereocenters. The van der Waals surface area contributed by atoms with Crippen LogP contribution in [0.3, 0.4) is 0 Å². The summed E-state index contributed by atoms with van der Waals surface area (Å²) in [6.45, 7) is 1.46. The van der Waals surface area contributed by atoms with Crippen molar-refractivity contribution in [1.82, 2.24) is 4.72 Å². The van der Waals surface area contributed by atoms with Crippen molar-refractivity contribution in [2.24, 2.45) is 0 Å². The van der Waals surface area contributed by atoms with E-state index >= 15 is 0 Å². The summed E-state index contributed by atoms with van der Waals surface area (Å²) >= 11 is 0. The Morgan fingerprint density at radius 2 is 1.94 bits per heavy atom. The first-order chi connectivity index (χ1) is 7.39. The van der Waals surface area contributed by atoms with E-state index in [4.69, 9.17) is 5.11 Å². The molecule has 90 valence electrons. The molecular formula is C10H14FNO3S. The number of aliphatic hydroxyl groups excluding tert-OH is 1. The van der Waals surface area contributed by atoms with Crippen molar-refractivity contribution in [2.75, 3.05) is 6.54 Å². The molecule has 0 heterocycles. The van der Waals surface area contributed by atoms with Gasteiger partial charge in [0.25, 0.3) is 0 Å². The molecule has 4 nitrogen and oxygen atoms in total. The Morgan fingerprint density at radius 3 is 2.44 bits per heavy atom. The average Bonchev–Trinajstić information content (AvgIpc) is 2.19. The van der Waals surface area contributed by atoms with Gasteiger partial charge in [-0.1, -0.05) is 12.1 Å². The van der Waals surface area contributed by atoms with Crippen molar-refractivity contribution in [3.8, 4) is 0 Å². The van der Waals surface area contributed by atoms with Crippen LogP contribution in [0.5, 0.6) is 0 Å². The molecule has 0 aliphatic rings. The maximum absolute atomic E-state index is 12.6. The monoisotopic (exact) mass is 247 g/mol. The summed E-state index contributed by atoms with van der Waals surface area (Å²) in [5.41, 5.74) is 0.500. The fourth-order valence-electron chi connectivity index (χ4n) is 1.10. The van der Waals surface area contributed by atoms with Crippen molar-refractivity contribution in [3.63, 3.8) is 0 Å². The first kappa shape index (κ1) is 13.1. The molecule has 16 heavy (non-hydrogen) atoms. The molecule has 0 spiro atoms. The fraction of sp³-hybridized carbons (Fsp3) is 0.400. The molecule has 0 bridgehead atoms. The van der Waals surface area contributed by atoms with Crippen LogP contribution >= 0.6 is 0 Å². The third kappa shape index (κ3) is 4.69. The molecule has 1 rings (SSSR count). The minimum Gasteiger partial charge on any atom is -0.392 e. The Morgan fingerprint density at radius 1 is 1.38 bits per heavy atom. The Hall–Kier alpha value is -0.980. The van der Waals surface area contributed by atoms with Crippen molar-refractivity contribution >= 4 is 10.0 Å². The van der Waals surface area contributed by atoms with Crippen LogP contribution < -0.4 is 4.72 Å². The predicted octanol–water partition coefficient (Wildman–Crippen LogP) is 0.626. The Bertz CT molecular complexity index is 428. The molecule has 0 saturated carbocycles. The van der Waals surface area contributed by atoms with E-state index in [1.54, 1.807) is 0 Å². The van der Waals surface area contributed by atoms with Crippen LogP contribution in [0.15, 0.2) is 24.3 Å². The molecule has 0 aliphatic carbocycles. The molecule has 0 aromatic heterocycles. The zero-order valence-corrected chi connectivity index (χ0v) is 9.67. The molecule has 6 heteroatoms. The zero-order chi connectivity index (χ0) is 12.2. The molecule has 0 fully saturated rings. The van der Waals surface area contributed by atoms with Crippen LogP contribution in [-0.4, -0.2) is 26.2 Å². The van der Waals surface area contributed by atoms with Gasteiger partial charge in [0.2, 0.25) is 10.0 Å². The first-order valence-corrected chi connectivity index (χ1v) is 6.44. The number of sulfonamides is 1. The number of benzene rings is 1. The number of hydrogen-bond donors (Lipinski definition) is 2. The molecular weight excluding hydrogens is 233 g/mol. The quantitative estimate of drug-likeness (QED) is 0.802. The van der Waals surface area contributed by atoms with E-state index in [-0.39, 0.29) is 12.3 Å². The number of hydrogen-bond acceptors (Lipinski definition) is 3. The first-order valence-electron chi connectivity index (χ1n) is 4.79. The highest BCUT2D eigenvalue weighted by Gasteiger charge is 2.11. The maximum Gasteiger partial charge on any atom is 0.215 e. The summed E-state index contributed by atoms with van der Waals surface area (Å²) in [6, 6.07) is 5.24. The zero-order valence-electron chi connectivity index (χ0n) is 8.85. The highest BCUT2D eigenvalue weighted by molar-refractivity contribution is 7.88. The van der Waals surface area contributed by atoms with Gasteiger partial charge in [0.1, 0.15) is 5.82 Å². The van der Waals surface area contributed by atoms with Gasteiger partial charge < -0.3 is 5.11 Å². The van der Waals surface area contributed by atoms with Crippen LogP contribution in [-0.2, 0) is 15.8 Å². The molecule has 0 amide bonds. The lowest BCUT2D eigenvalue weighted by molar-refractivity contribution is 0.198. The molecule has 0 radical (unpaired) electrons. The summed E-state index contributed by atoms with van der Waals surface area (Å²) in [4.78, 5) is 0. The van der Waals surface area contributed by atoms with Crippen LogP contribution in [0.25, 0.3) is 0 Å². The molecule has 1 aromatic carbocycles. The van der Waals surface area contributed by atoms with Gasteiger partial charge in [0.05, 0.1) is 11.9 Å². The summed E-state index contributed by atoms with van der Waals surface area (Å²) in [7, 11) is -3.47. The van der Waals surface area contributed by atoms with Crippen molar-refractivity contribution in [1.29, 1.82) is 0 Å². The average molecular weight is 247 g/mol. The highest BCUT2D eigenvalue weighted by atomic mass is 32.2. The number of rotatable bonds is 5. The van der Waals surface area contributed by atoms with Crippen molar-refractivity contribution < 1.29 is 17.9 Å². The van der Waals surface area contributed by atoms with Gasteiger partial charge in [0.15, 0.2) is 0 Å². The minimum absolute atomic E-state index is 0.0243. The van der Waals surface area contributed by atoms with Gasteiger partial charge in [-0.15, -0.1) is 0 Å². The maximum atomic E-state index is 12.6. The predicted molar refractivity (Wildman–Crippen MR) is 58.7 cm³/mol. The van der Waals surface area contributed by atoms with E-state index in [0.717, 1.165) is 0 Å². The van der Waals surface area contributed by atoms with Gasteiger partial charge in [-0.3, -0.25) is 0 Å².